The van der Waals surface area contributed by atoms with Crippen LogP contribution in [0.1, 0.15) is 44.7 Å². The van der Waals surface area contributed by atoms with Crippen molar-refractivity contribution in [3.8, 4) is 0 Å². The van der Waals surface area contributed by atoms with Crippen molar-refractivity contribution in [2.45, 2.75) is 46.1 Å². The van der Waals surface area contributed by atoms with E-state index in [4.69, 9.17) is 0 Å². The lowest BCUT2D eigenvalue weighted by atomic mass is 9.97. The first-order valence-corrected chi connectivity index (χ1v) is 6.51. The molecule has 0 spiro atoms. The smallest absolute Gasteiger partial charge is 0.0805 e. The van der Waals surface area contributed by atoms with Gasteiger partial charge in [-0.1, -0.05) is 48.1 Å². The molecule has 0 aliphatic heterocycles. The number of hydrogen-bond acceptors (Lipinski definition) is 1. The van der Waals surface area contributed by atoms with Gasteiger partial charge < -0.3 is 5.11 Å². The fraction of sp³-hybridized carbons (Fsp3) is 0.412. The molecule has 0 fully saturated rings. The highest BCUT2D eigenvalue weighted by molar-refractivity contribution is 5.54. The van der Waals surface area contributed by atoms with E-state index in [0.29, 0.717) is 0 Å². The van der Waals surface area contributed by atoms with Crippen LogP contribution >= 0.6 is 0 Å². The average molecular weight is 244 g/mol. The second-order valence-corrected chi connectivity index (χ2v) is 5.37. The molecule has 1 nitrogen and oxygen atoms in total. The predicted octanol–water partition coefficient (Wildman–Crippen LogP) is 4.51. The van der Waals surface area contributed by atoms with Crippen LogP contribution in [0.4, 0.5) is 0 Å². The molecule has 1 aromatic carbocycles. The molecule has 0 radical (unpaired) electrons. The van der Waals surface area contributed by atoms with Gasteiger partial charge in [0.15, 0.2) is 0 Å². The summed E-state index contributed by atoms with van der Waals surface area (Å²) in [4.78, 5) is 0. The summed E-state index contributed by atoms with van der Waals surface area (Å²) >= 11 is 0. The molecule has 1 unspecified atom stereocenters. The number of rotatable bonds is 5. The van der Waals surface area contributed by atoms with Crippen LogP contribution in [0.2, 0.25) is 0 Å². The highest BCUT2D eigenvalue weighted by Crippen LogP contribution is 2.18. The third-order valence-corrected chi connectivity index (χ3v) is 3.01. The molecular formula is C17H24O. The Hall–Kier alpha value is -1.34. The number of allylic oxidation sites excluding steroid dienone is 2. The summed E-state index contributed by atoms with van der Waals surface area (Å²) in [6.07, 6.45) is 7.73. The summed E-state index contributed by atoms with van der Waals surface area (Å²) in [6.45, 7) is 8.11. The van der Waals surface area contributed by atoms with E-state index in [1.807, 2.05) is 31.2 Å². The number of aryl methyl sites for hydroxylation is 1. The minimum absolute atomic E-state index is 0.742. The predicted molar refractivity (Wildman–Crippen MR) is 79.5 cm³/mol. The van der Waals surface area contributed by atoms with Gasteiger partial charge in [-0.25, -0.2) is 0 Å². The molecule has 18 heavy (non-hydrogen) atoms. The Morgan fingerprint density at radius 3 is 2.56 bits per heavy atom. The highest BCUT2D eigenvalue weighted by Gasteiger charge is 2.14. The van der Waals surface area contributed by atoms with Gasteiger partial charge in [-0.15, -0.1) is 0 Å². The molecule has 1 rings (SSSR count). The quantitative estimate of drug-likeness (QED) is 0.756. The first-order valence-electron chi connectivity index (χ1n) is 6.51. The Bertz CT molecular complexity index is 435. The minimum Gasteiger partial charge on any atom is -0.386 e. The normalized spacial score (nSPS) is 14.5. The molecule has 0 amide bonds. The maximum atomic E-state index is 10.3. The first kappa shape index (κ1) is 14.7. The fourth-order valence-corrected chi connectivity index (χ4v) is 1.78. The van der Waals surface area contributed by atoms with E-state index >= 15 is 0 Å². The van der Waals surface area contributed by atoms with Crippen molar-refractivity contribution in [3.05, 3.63) is 53.1 Å². The molecule has 1 N–H and O–H groups in total. The zero-order valence-electron chi connectivity index (χ0n) is 11.9. The van der Waals surface area contributed by atoms with Gasteiger partial charge in [0.05, 0.1) is 5.60 Å². The summed E-state index contributed by atoms with van der Waals surface area (Å²) in [5, 5.41) is 10.3. The SMILES string of the molecule is CC(C)=CCCC(C)(O)/C=C/c1ccccc1C. The second-order valence-electron chi connectivity index (χ2n) is 5.37. The Morgan fingerprint density at radius 1 is 1.28 bits per heavy atom. The molecule has 0 aromatic heterocycles. The third kappa shape index (κ3) is 5.33. The molecule has 0 saturated carbocycles. The molecule has 0 saturated heterocycles. The van der Waals surface area contributed by atoms with Crippen molar-refractivity contribution >= 4 is 6.08 Å². The van der Waals surface area contributed by atoms with Gasteiger partial charge in [-0.2, -0.15) is 0 Å². The zero-order valence-corrected chi connectivity index (χ0v) is 11.9. The summed E-state index contributed by atoms with van der Waals surface area (Å²) < 4.78 is 0. The van der Waals surface area contributed by atoms with Crippen LogP contribution in [0, 0.1) is 6.92 Å². The number of aliphatic hydroxyl groups is 1. The van der Waals surface area contributed by atoms with Crippen molar-refractivity contribution in [2.24, 2.45) is 0 Å². The standard InChI is InChI=1S/C17H24O/c1-14(2)8-7-12-17(4,18)13-11-16-10-6-5-9-15(16)3/h5-6,8-11,13,18H,7,12H2,1-4H3/b13-11+. The van der Waals surface area contributed by atoms with Crippen molar-refractivity contribution < 1.29 is 5.11 Å². The van der Waals surface area contributed by atoms with Gasteiger partial charge in [-0.3, -0.25) is 0 Å². The van der Waals surface area contributed by atoms with Crippen LogP contribution in [0.5, 0.6) is 0 Å². The minimum atomic E-state index is -0.742. The van der Waals surface area contributed by atoms with E-state index in [1.54, 1.807) is 0 Å². The summed E-state index contributed by atoms with van der Waals surface area (Å²) in [5.74, 6) is 0. The third-order valence-electron chi connectivity index (χ3n) is 3.01. The number of benzene rings is 1. The van der Waals surface area contributed by atoms with E-state index in [-0.39, 0.29) is 0 Å². The Morgan fingerprint density at radius 2 is 1.94 bits per heavy atom. The van der Waals surface area contributed by atoms with Crippen molar-refractivity contribution in [2.75, 3.05) is 0 Å². The van der Waals surface area contributed by atoms with Crippen molar-refractivity contribution in [1.82, 2.24) is 0 Å². The van der Waals surface area contributed by atoms with Gasteiger partial charge in [0.25, 0.3) is 0 Å². The van der Waals surface area contributed by atoms with Crippen LogP contribution < -0.4 is 0 Å². The largest absolute Gasteiger partial charge is 0.386 e. The maximum absolute atomic E-state index is 10.3. The Balaban J connectivity index is 2.65. The van der Waals surface area contributed by atoms with Crippen LogP contribution in [0.15, 0.2) is 42.0 Å². The van der Waals surface area contributed by atoms with Crippen molar-refractivity contribution in [3.63, 3.8) is 0 Å². The Labute approximate surface area is 111 Å². The van der Waals surface area contributed by atoms with Gasteiger partial charge in [0, 0.05) is 0 Å². The van der Waals surface area contributed by atoms with E-state index in [2.05, 4.69) is 39.0 Å². The second kappa shape index (κ2) is 6.55. The number of hydrogen-bond donors (Lipinski definition) is 1. The molecule has 1 aromatic rings. The van der Waals surface area contributed by atoms with Crippen LogP contribution in [-0.2, 0) is 0 Å². The van der Waals surface area contributed by atoms with Gasteiger partial charge in [0.1, 0.15) is 0 Å². The Kier molecular flexibility index (Phi) is 5.36. The summed E-state index contributed by atoms with van der Waals surface area (Å²) in [7, 11) is 0. The van der Waals surface area contributed by atoms with Crippen LogP contribution in [0.3, 0.4) is 0 Å². The summed E-state index contributed by atoms with van der Waals surface area (Å²) in [6, 6.07) is 8.19. The monoisotopic (exact) mass is 244 g/mol. The lowest BCUT2D eigenvalue weighted by molar-refractivity contribution is 0.104. The summed E-state index contributed by atoms with van der Waals surface area (Å²) in [5.41, 5.74) is 2.95. The molecule has 0 heterocycles. The lowest BCUT2D eigenvalue weighted by Gasteiger charge is -2.18. The molecular weight excluding hydrogens is 220 g/mol. The van der Waals surface area contributed by atoms with Gasteiger partial charge in [-0.05, 0) is 51.7 Å². The van der Waals surface area contributed by atoms with Crippen molar-refractivity contribution in [1.29, 1.82) is 0 Å². The van der Waals surface area contributed by atoms with E-state index in [1.165, 1.54) is 16.7 Å². The topological polar surface area (TPSA) is 20.2 Å². The maximum Gasteiger partial charge on any atom is 0.0805 e. The van der Waals surface area contributed by atoms with E-state index in [0.717, 1.165) is 12.8 Å². The van der Waals surface area contributed by atoms with Crippen LogP contribution in [-0.4, -0.2) is 10.7 Å². The molecule has 1 heteroatoms. The van der Waals surface area contributed by atoms with Gasteiger partial charge >= 0.3 is 0 Å². The molecule has 98 valence electrons. The first-order chi connectivity index (χ1) is 8.41. The molecule has 0 aliphatic carbocycles. The van der Waals surface area contributed by atoms with Gasteiger partial charge in [0.2, 0.25) is 0 Å². The van der Waals surface area contributed by atoms with E-state index in [9.17, 15) is 5.11 Å². The lowest BCUT2D eigenvalue weighted by Crippen LogP contribution is -2.19. The fourth-order valence-electron chi connectivity index (χ4n) is 1.78. The van der Waals surface area contributed by atoms with E-state index < -0.39 is 5.60 Å². The molecule has 1 atom stereocenters. The highest BCUT2D eigenvalue weighted by atomic mass is 16.3. The molecule has 0 aliphatic rings. The van der Waals surface area contributed by atoms with Crippen LogP contribution in [0.25, 0.3) is 6.08 Å². The molecule has 0 bridgehead atoms. The average Bonchev–Trinajstić information content (AvgIpc) is 2.27. The zero-order chi connectivity index (χ0) is 13.6.